The maximum atomic E-state index is 11.4. The lowest BCUT2D eigenvalue weighted by Crippen LogP contribution is -2.36. The predicted octanol–water partition coefficient (Wildman–Crippen LogP) is -1.45. The van der Waals surface area contributed by atoms with Gasteiger partial charge in [0, 0.05) is 17.8 Å². The van der Waals surface area contributed by atoms with Crippen LogP contribution in [-0.4, -0.2) is 39.7 Å². The summed E-state index contributed by atoms with van der Waals surface area (Å²) in [7, 11) is 0. The molecular formula is C9H10N2O5. The first-order valence-corrected chi connectivity index (χ1v) is 4.38. The molecule has 4 N–H and O–H groups in total. The summed E-state index contributed by atoms with van der Waals surface area (Å²) in [4.78, 5) is 34.8. The Kier molecular flexibility index (Phi) is 3.78. The van der Waals surface area contributed by atoms with Gasteiger partial charge in [-0.2, -0.15) is 0 Å². The van der Waals surface area contributed by atoms with Gasteiger partial charge in [0.25, 0.3) is 5.91 Å². The number of carbonyl (C=O) groups is 2. The van der Waals surface area contributed by atoms with Crippen molar-refractivity contribution in [2.45, 2.75) is 6.10 Å². The molecule has 0 bridgehead atoms. The lowest BCUT2D eigenvalue weighted by atomic mass is 10.2. The second-order valence-corrected chi connectivity index (χ2v) is 3.01. The Labute approximate surface area is 89.7 Å². The number of hydrogen-bond acceptors (Lipinski definition) is 4. The Morgan fingerprint density at radius 3 is 2.75 bits per heavy atom. The minimum absolute atomic E-state index is 0.0985. The summed E-state index contributed by atoms with van der Waals surface area (Å²) in [5.74, 6) is -2.04. The molecule has 1 rings (SSSR count). The van der Waals surface area contributed by atoms with Crippen LogP contribution in [0.15, 0.2) is 23.1 Å². The highest BCUT2D eigenvalue weighted by Crippen LogP contribution is 1.92. The van der Waals surface area contributed by atoms with E-state index >= 15 is 0 Å². The predicted molar refractivity (Wildman–Crippen MR) is 53.0 cm³/mol. The van der Waals surface area contributed by atoms with Gasteiger partial charge in [0.05, 0.1) is 6.54 Å². The summed E-state index contributed by atoms with van der Waals surface area (Å²) in [6.07, 6.45) is -0.365. The van der Waals surface area contributed by atoms with Gasteiger partial charge in [-0.1, -0.05) is 0 Å². The molecule has 0 saturated carbocycles. The number of hydrogen-bond donors (Lipinski definition) is 4. The van der Waals surface area contributed by atoms with Crippen LogP contribution in [0.5, 0.6) is 0 Å². The molecule has 0 saturated heterocycles. The highest BCUT2D eigenvalue weighted by atomic mass is 16.4. The van der Waals surface area contributed by atoms with Gasteiger partial charge in [-0.05, 0) is 6.07 Å². The maximum Gasteiger partial charge on any atom is 0.334 e. The van der Waals surface area contributed by atoms with E-state index in [1.54, 1.807) is 0 Å². The van der Waals surface area contributed by atoms with Crippen LogP contribution in [0.1, 0.15) is 10.4 Å². The Hall–Kier alpha value is -2.15. The number of aliphatic carboxylic acids is 1. The fraction of sp³-hybridized carbons (Fsp3) is 0.222. The third-order valence-corrected chi connectivity index (χ3v) is 1.78. The SMILES string of the molecule is O=C(NCC(O)C(=O)O)c1cc[nH]c(=O)c1. The van der Waals surface area contributed by atoms with Gasteiger partial charge < -0.3 is 20.5 Å². The smallest absolute Gasteiger partial charge is 0.334 e. The fourth-order valence-electron chi connectivity index (χ4n) is 0.965. The molecule has 1 heterocycles. The standard InChI is InChI=1S/C9H10N2O5/c12-6(9(15)16)4-11-8(14)5-1-2-10-7(13)3-5/h1-3,6,12H,4H2,(H,10,13)(H,11,14)(H,15,16). The van der Waals surface area contributed by atoms with Gasteiger partial charge >= 0.3 is 5.97 Å². The average molecular weight is 226 g/mol. The minimum atomic E-state index is -1.66. The fourth-order valence-corrected chi connectivity index (χ4v) is 0.965. The Morgan fingerprint density at radius 1 is 1.50 bits per heavy atom. The Morgan fingerprint density at radius 2 is 2.19 bits per heavy atom. The number of aromatic nitrogens is 1. The molecule has 7 heteroatoms. The molecule has 7 nitrogen and oxygen atoms in total. The van der Waals surface area contributed by atoms with E-state index in [2.05, 4.69) is 10.3 Å². The van der Waals surface area contributed by atoms with Crippen molar-refractivity contribution in [1.29, 1.82) is 0 Å². The number of pyridine rings is 1. The van der Waals surface area contributed by atoms with E-state index < -0.39 is 30.1 Å². The summed E-state index contributed by atoms with van der Waals surface area (Å²) in [5.41, 5.74) is -0.340. The van der Waals surface area contributed by atoms with E-state index in [0.29, 0.717) is 0 Å². The van der Waals surface area contributed by atoms with Gasteiger partial charge in [-0.3, -0.25) is 9.59 Å². The van der Waals surface area contributed by atoms with Crippen molar-refractivity contribution in [3.63, 3.8) is 0 Å². The number of rotatable bonds is 4. The molecule has 1 aromatic rings. The first kappa shape index (κ1) is 11.9. The topological polar surface area (TPSA) is 119 Å². The summed E-state index contributed by atoms with van der Waals surface area (Å²) in [5, 5.41) is 19.4. The molecule has 0 radical (unpaired) electrons. The van der Waals surface area contributed by atoms with Crippen LogP contribution in [0.25, 0.3) is 0 Å². The number of carboxylic acid groups (broad SMARTS) is 1. The van der Waals surface area contributed by atoms with Gasteiger partial charge in [0.1, 0.15) is 0 Å². The summed E-state index contributed by atoms with van der Waals surface area (Å²) in [6.45, 7) is -0.416. The minimum Gasteiger partial charge on any atom is -0.479 e. The lowest BCUT2D eigenvalue weighted by molar-refractivity contribution is -0.146. The van der Waals surface area contributed by atoms with Gasteiger partial charge in [-0.25, -0.2) is 4.79 Å². The summed E-state index contributed by atoms with van der Waals surface area (Å²) in [6, 6.07) is 2.44. The van der Waals surface area contributed by atoms with E-state index in [-0.39, 0.29) is 5.56 Å². The third-order valence-electron chi connectivity index (χ3n) is 1.78. The molecule has 0 spiro atoms. The van der Waals surface area contributed by atoms with Crippen LogP contribution < -0.4 is 10.9 Å². The second kappa shape index (κ2) is 5.08. The van der Waals surface area contributed by atoms with Crippen LogP contribution in [0, 0.1) is 0 Å². The lowest BCUT2D eigenvalue weighted by Gasteiger charge is -2.07. The molecule has 1 amide bonds. The van der Waals surface area contributed by atoms with Crippen LogP contribution in [0.2, 0.25) is 0 Å². The van der Waals surface area contributed by atoms with E-state index in [0.717, 1.165) is 6.07 Å². The molecule has 1 unspecified atom stereocenters. The number of H-pyrrole nitrogens is 1. The molecule has 1 aromatic heterocycles. The Bertz CT molecular complexity index is 453. The molecule has 0 aromatic carbocycles. The van der Waals surface area contributed by atoms with Crippen molar-refractivity contribution in [2.24, 2.45) is 0 Å². The van der Waals surface area contributed by atoms with E-state index in [1.807, 2.05) is 0 Å². The third kappa shape index (κ3) is 3.21. The molecular weight excluding hydrogens is 216 g/mol. The molecule has 86 valence electrons. The normalized spacial score (nSPS) is 11.8. The zero-order valence-electron chi connectivity index (χ0n) is 8.14. The largest absolute Gasteiger partial charge is 0.479 e. The van der Waals surface area contributed by atoms with Crippen molar-refractivity contribution < 1.29 is 19.8 Å². The quantitative estimate of drug-likeness (QED) is 0.500. The summed E-state index contributed by atoms with van der Waals surface area (Å²) >= 11 is 0. The number of nitrogens with one attached hydrogen (secondary N) is 2. The van der Waals surface area contributed by atoms with Crippen LogP contribution in [0.4, 0.5) is 0 Å². The zero-order chi connectivity index (χ0) is 12.1. The first-order valence-electron chi connectivity index (χ1n) is 4.38. The van der Waals surface area contributed by atoms with Gasteiger partial charge in [-0.15, -0.1) is 0 Å². The number of carboxylic acids is 1. The highest BCUT2D eigenvalue weighted by molar-refractivity contribution is 5.94. The van der Waals surface area contributed by atoms with Crippen molar-refractivity contribution in [3.8, 4) is 0 Å². The Balaban J connectivity index is 2.60. The second-order valence-electron chi connectivity index (χ2n) is 3.01. The number of aliphatic hydroxyl groups is 1. The first-order chi connectivity index (χ1) is 7.50. The monoisotopic (exact) mass is 226 g/mol. The van der Waals surface area contributed by atoms with Crippen LogP contribution in [0.3, 0.4) is 0 Å². The van der Waals surface area contributed by atoms with E-state index in [1.165, 1.54) is 12.3 Å². The van der Waals surface area contributed by atoms with Crippen molar-refractivity contribution >= 4 is 11.9 Å². The summed E-state index contributed by atoms with van der Waals surface area (Å²) < 4.78 is 0. The molecule has 16 heavy (non-hydrogen) atoms. The molecule has 0 fully saturated rings. The van der Waals surface area contributed by atoms with Crippen molar-refractivity contribution in [1.82, 2.24) is 10.3 Å². The average Bonchev–Trinajstić information content (AvgIpc) is 2.25. The van der Waals surface area contributed by atoms with E-state index in [9.17, 15) is 14.4 Å². The number of amides is 1. The maximum absolute atomic E-state index is 11.4. The van der Waals surface area contributed by atoms with Crippen molar-refractivity contribution in [2.75, 3.05) is 6.54 Å². The van der Waals surface area contributed by atoms with Gasteiger partial charge in [0.2, 0.25) is 5.56 Å². The number of aliphatic hydroxyl groups excluding tert-OH is 1. The molecule has 1 atom stereocenters. The number of aromatic amines is 1. The van der Waals surface area contributed by atoms with Crippen LogP contribution in [-0.2, 0) is 4.79 Å². The molecule has 0 aliphatic carbocycles. The van der Waals surface area contributed by atoms with E-state index in [4.69, 9.17) is 10.2 Å². The number of carbonyl (C=O) groups excluding carboxylic acids is 1. The molecule has 0 aliphatic heterocycles. The van der Waals surface area contributed by atoms with Gasteiger partial charge in [0.15, 0.2) is 6.10 Å². The van der Waals surface area contributed by atoms with Crippen molar-refractivity contribution in [3.05, 3.63) is 34.2 Å². The highest BCUT2D eigenvalue weighted by Gasteiger charge is 2.14. The zero-order valence-corrected chi connectivity index (χ0v) is 8.14. The molecule has 0 aliphatic rings. The van der Waals surface area contributed by atoms with Crippen LogP contribution >= 0.6 is 0 Å².